The summed E-state index contributed by atoms with van der Waals surface area (Å²) < 4.78 is 10.0. The molecule has 24 heavy (non-hydrogen) atoms. The Bertz CT molecular complexity index is 838. The zero-order valence-electron chi connectivity index (χ0n) is 12.1. The molecular weight excluding hydrogens is 344 g/mol. The highest BCUT2D eigenvalue weighted by Crippen LogP contribution is 2.35. The summed E-state index contributed by atoms with van der Waals surface area (Å²) in [6, 6.07) is 6.86. The minimum atomic E-state index is -0.841. The van der Waals surface area contributed by atoms with Gasteiger partial charge in [0.25, 0.3) is 11.4 Å². The Kier molecular flexibility index (Phi) is 4.95. The highest BCUT2D eigenvalue weighted by Gasteiger charge is 2.20. The molecule has 2 rings (SSSR count). The Morgan fingerprint density at radius 3 is 2.04 bits per heavy atom. The molecule has 0 saturated carbocycles. The van der Waals surface area contributed by atoms with Gasteiger partial charge in [-0.25, -0.2) is 4.79 Å². The molecule has 9 nitrogen and oxygen atoms in total. The number of benzene rings is 2. The summed E-state index contributed by atoms with van der Waals surface area (Å²) in [6.45, 7) is 0. The van der Waals surface area contributed by atoms with Gasteiger partial charge in [-0.15, -0.1) is 0 Å². The smallest absolute Gasteiger partial charge is 0.341 e. The summed E-state index contributed by atoms with van der Waals surface area (Å²) in [6.07, 6.45) is 0. The van der Waals surface area contributed by atoms with Crippen molar-refractivity contribution in [1.29, 1.82) is 0 Å². The number of carbonyl (C=O) groups is 1. The van der Waals surface area contributed by atoms with Gasteiger partial charge in [-0.2, -0.15) is 0 Å². The highest BCUT2D eigenvalue weighted by atomic mass is 35.5. The van der Waals surface area contributed by atoms with Crippen LogP contribution in [-0.4, -0.2) is 22.9 Å². The molecule has 0 amide bonds. The number of non-ortho nitro benzene ring substituents is 2. The van der Waals surface area contributed by atoms with Crippen molar-refractivity contribution in [2.45, 2.75) is 0 Å². The zero-order valence-corrected chi connectivity index (χ0v) is 12.9. The van der Waals surface area contributed by atoms with Crippen molar-refractivity contribution < 1.29 is 24.1 Å². The average molecular weight is 353 g/mol. The number of nitro groups is 2. The molecule has 124 valence electrons. The van der Waals surface area contributed by atoms with Crippen molar-refractivity contribution >= 4 is 28.9 Å². The van der Waals surface area contributed by atoms with Crippen LogP contribution >= 0.6 is 11.6 Å². The minimum absolute atomic E-state index is 0.0387. The molecule has 0 aromatic heterocycles. The second-order valence-electron chi connectivity index (χ2n) is 4.40. The number of rotatable bonds is 5. The van der Waals surface area contributed by atoms with Gasteiger partial charge in [0, 0.05) is 24.3 Å². The van der Waals surface area contributed by atoms with Crippen molar-refractivity contribution in [2.24, 2.45) is 0 Å². The molecular formula is C14H9ClN2O7. The van der Waals surface area contributed by atoms with Crippen LogP contribution in [0.15, 0.2) is 36.4 Å². The number of hydrogen-bond donors (Lipinski definition) is 0. The van der Waals surface area contributed by atoms with E-state index in [4.69, 9.17) is 16.3 Å². The Morgan fingerprint density at radius 1 is 1.00 bits per heavy atom. The van der Waals surface area contributed by atoms with E-state index < -0.39 is 15.8 Å². The standard InChI is InChI=1S/C14H9ClN2O7/c1-23-14(18)10-6-8(16(19)20)2-4-12(10)24-13-5-3-9(17(21)22)7-11(13)15/h2-7H,1H3. The maximum absolute atomic E-state index is 11.8. The summed E-state index contributed by atoms with van der Waals surface area (Å²) in [5.41, 5.74) is -0.733. The first kappa shape index (κ1) is 17.2. The van der Waals surface area contributed by atoms with Gasteiger partial charge in [0.1, 0.15) is 17.1 Å². The third-order valence-electron chi connectivity index (χ3n) is 2.93. The molecule has 0 aliphatic heterocycles. The van der Waals surface area contributed by atoms with Crippen LogP contribution in [0.4, 0.5) is 11.4 Å². The fourth-order valence-electron chi connectivity index (χ4n) is 1.79. The van der Waals surface area contributed by atoms with Crippen LogP contribution in [0.1, 0.15) is 10.4 Å². The van der Waals surface area contributed by atoms with Crippen LogP contribution in [0.2, 0.25) is 5.02 Å². The van der Waals surface area contributed by atoms with Crippen LogP contribution in [0.3, 0.4) is 0 Å². The van der Waals surface area contributed by atoms with Gasteiger partial charge in [0.05, 0.1) is 22.0 Å². The molecule has 0 fully saturated rings. The predicted molar refractivity (Wildman–Crippen MR) is 82.6 cm³/mol. The summed E-state index contributed by atoms with van der Waals surface area (Å²) in [5.74, 6) is -0.837. The van der Waals surface area contributed by atoms with E-state index in [2.05, 4.69) is 4.74 Å². The normalized spacial score (nSPS) is 10.1. The number of esters is 1. The van der Waals surface area contributed by atoms with Gasteiger partial charge in [0.2, 0.25) is 0 Å². The molecule has 0 N–H and O–H groups in total. The number of nitrogens with zero attached hydrogens (tertiary/aromatic N) is 2. The number of carbonyl (C=O) groups excluding carboxylic acids is 1. The topological polar surface area (TPSA) is 122 Å². The summed E-state index contributed by atoms with van der Waals surface area (Å²) in [7, 11) is 1.11. The molecule has 0 bridgehead atoms. The first-order valence-corrected chi connectivity index (χ1v) is 6.70. The lowest BCUT2D eigenvalue weighted by Gasteiger charge is -2.11. The number of methoxy groups -OCH3 is 1. The molecule has 0 saturated heterocycles. The molecule has 2 aromatic carbocycles. The zero-order chi connectivity index (χ0) is 17.9. The fraction of sp³-hybridized carbons (Fsp3) is 0.0714. The molecule has 0 heterocycles. The Labute approximate surface area is 139 Å². The van der Waals surface area contributed by atoms with Crippen molar-refractivity contribution in [3.05, 3.63) is 67.2 Å². The third-order valence-corrected chi connectivity index (χ3v) is 3.22. The van der Waals surface area contributed by atoms with Crippen molar-refractivity contribution in [2.75, 3.05) is 7.11 Å². The second kappa shape index (κ2) is 6.92. The van der Waals surface area contributed by atoms with E-state index >= 15 is 0 Å². The Balaban J connectivity index is 2.44. The highest BCUT2D eigenvalue weighted by molar-refractivity contribution is 6.32. The Morgan fingerprint density at radius 2 is 1.54 bits per heavy atom. The average Bonchev–Trinajstić information content (AvgIpc) is 2.55. The van der Waals surface area contributed by atoms with E-state index in [1.54, 1.807) is 0 Å². The molecule has 0 spiro atoms. The molecule has 10 heteroatoms. The van der Waals surface area contributed by atoms with Gasteiger partial charge in [-0.05, 0) is 12.1 Å². The van der Waals surface area contributed by atoms with Gasteiger partial charge in [-0.3, -0.25) is 20.2 Å². The summed E-state index contributed by atoms with van der Waals surface area (Å²) in [5, 5.41) is 21.4. The van der Waals surface area contributed by atoms with Gasteiger partial charge in [0.15, 0.2) is 0 Å². The molecule has 2 aromatic rings. The van der Waals surface area contributed by atoms with E-state index in [0.717, 1.165) is 25.3 Å². The fourth-order valence-corrected chi connectivity index (χ4v) is 2.01. The SMILES string of the molecule is COC(=O)c1cc([N+](=O)[O-])ccc1Oc1ccc([N+](=O)[O-])cc1Cl. The monoisotopic (exact) mass is 352 g/mol. The lowest BCUT2D eigenvalue weighted by atomic mass is 10.1. The van der Waals surface area contributed by atoms with E-state index in [-0.39, 0.29) is 33.5 Å². The lowest BCUT2D eigenvalue weighted by Crippen LogP contribution is -2.05. The van der Waals surface area contributed by atoms with Gasteiger partial charge in [-0.1, -0.05) is 11.6 Å². The van der Waals surface area contributed by atoms with Crippen LogP contribution in [0.25, 0.3) is 0 Å². The number of ether oxygens (including phenoxy) is 2. The first-order chi connectivity index (χ1) is 11.3. The van der Waals surface area contributed by atoms with Crippen molar-refractivity contribution in [3.63, 3.8) is 0 Å². The maximum Gasteiger partial charge on any atom is 0.341 e. The van der Waals surface area contributed by atoms with Crippen LogP contribution in [0, 0.1) is 20.2 Å². The largest absolute Gasteiger partial charge is 0.465 e. The predicted octanol–water partition coefficient (Wildman–Crippen LogP) is 3.74. The van der Waals surface area contributed by atoms with E-state index in [1.807, 2.05) is 0 Å². The molecule has 0 aliphatic rings. The number of halogens is 1. The van der Waals surface area contributed by atoms with Crippen LogP contribution in [-0.2, 0) is 4.74 Å². The number of hydrogen-bond acceptors (Lipinski definition) is 7. The minimum Gasteiger partial charge on any atom is -0.465 e. The molecule has 0 radical (unpaired) electrons. The van der Waals surface area contributed by atoms with Gasteiger partial charge >= 0.3 is 5.97 Å². The third kappa shape index (κ3) is 3.58. The molecule has 0 atom stereocenters. The van der Waals surface area contributed by atoms with Crippen molar-refractivity contribution in [3.8, 4) is 11.5 Å². The maximum atomic E-state index is 11.8. The van der Waals surface area contributed by atoms with Crippen LogP contribution < -0.4 is 4.74 Å². The van der Waals surface area contributed by atoms with E-state index in [9.17, 15) is 25.0 Å². The Hall–Kier alpha value is -3.20. The molecule has 0 unspecified atom stereocenters. The molecule has 0 aliphatic carbocycles. The van der Waals surface area contributed by atoms with E-state index in [1.165, 1.54) is 18.2 Å². The lowest BCUT2D eigenvalue weighted by molar-refractivity contribution is -0.385. The summed E-state index contributed by atoms with van der Waals surface area (Å²) in [4.78, 5) is 32.0. The number of nitro benzene ring substituents is 2. The van der Waals surface area contributed by atoms with E-state index in [0.29, 0.717) is 0 Å². The quantitative estimate of drug-likeness (QED) is 0.456. The first-order valence-electron chi connectivity index (χ1n) is 6.32. The summed E-state index contributed by atoms with van der Waals surface area (Å²) >= 11 is 5.92. The van der Waals surface area contributed by atoms with Crippen LogP contribution in [0.5, 0.6) is 11.5 Å². The second-order valence-corrected chi connectivity index (χ2v) is 4.81. The van der Waals surface area contributed by atoms with Gasteiger partial charge < -0.3 is 9.47 Å². The van der Waals surface area contributed by atoms with Crippen molar-refractivity contribution in [1.82, 2.24) is 0 Å².